The molecule has 1 aromatic carbocycles. The zero-order valence-corrected chi connectivity index (χ0v) is 15.3. The van der Waals surface area contributed by atoms with E-state index in [-0.39, 0.29) is 5.91 Å². The summed E-state index contributed by atoms with van der Waals surface area (Å²) in [5.74, 6) is 0.825. The molecule has 0 fully saturated rings. The van der Waals surface area contributed by atoms with E-state index >= 15 is 0 Å². The topological polar surface area (TPSA) is 91.8 Å². The fraction of sp³-hybridized carbons (Fsp3) is 0.381. The summed E-state index contributed by atoms with van der Waals surface area (Å²) < 4.78 is 0. The van der Waals surface area contributed by atoms with E-state index in [0.717, 1.165) is 53.8 Å². The lowest BCUT2D eigenvalue weighted by Gasteiger charge is -2.27. The van der Waals surface area contributed by atoms with E-state index in [1.54, 1.807) is 0 Å². The second kappa shape index (κ2) is 7.57. The number of carbonyl (C=O) groups is 1. The molecule has 0 radical (unpaired) electrons. The van der Waals surface area contributed by atoms with Crippen molar-refractivity contribution < 1.29 is 4.79 Å². The average Bonchev–Trinajstić information content (AvgIpc) is 2.61. The van der Waals surface area contributed by atoms with Crippen LogP contribution in [0.5, 0.6) is 0 Å². The zero-order chi connectivity index (χ0) is 18.7. The molecule has 1 aromatic heterocycles. The number of rotatable bonds is 4. The van der Waals surface area contributed by atoms with Crippen LogP contribution in [0.25, 0.3) is 11.1 Å². The molecule has 1 aliphatic rings. The SMILES string of the molecule is CCCC1CCc2nc(N)c(C#N)c(-c3ccc(NC(C)=O)cc3)c2C1. The Balaban J connectivity index is 2.09. The Labute approximate surface area is 154 Å². The van der Waals surface area contributed by atoms with Gasteiger partial charge in [0.2, 0.25) is 5.91 Å². The lowest BCUT2D eigenvalue weighted by atomic mass is 9.79. The quantitative estimate of drug-likeness (QED) is 0.871. The van der Waals surface area contributed by atoms with Gasteiger partial charge in [-0.05, 0) is 48.4 Å². The number of fused-ring (bicyclic) bond motifs is 1. The van der Waals surface area contributed by atoms with Crippen LogP contribution in [0.4, 0.5) is 11.5 Å². The van der Waals surface area contributed by atoms with Crippen molar-refractivity contribution in [2.75, 3.05) is 11.1 Å². The lowest BCUT2D eigenvalue weighted by molar-refractivity contribution is -0.114. The van der Waals surface area contributed by atoms with Gasteiger partial charge < -0.3 is 11.1 Å². The van der Waals surface area contributed by atoms with Gasteiger partial charge in [-0.15, -0.1) is 0 Å². The normalized spacial score (nSPS) is 15.8. The number of amides is 1. The van der Waals surface area contributed by atoms with Crippen molar-refractivity contribution in [3.63, 3.8) is 0 Å². The van der Waals surface area contributed by atoms with Crippen molar-refractivity contribution in [3.05, 3.63) is 41.1 Å². The average molecular weight is 348 g/mol. The number of anilines is 2. The third-order valence-electron chi connectivity index (χ3n) is 5.00. The van der Waals surface area contributed by atoms with Crippen LogP contribution in [0.2, 0.25) is 0 Å². The number of nitrogens with two attached hydrogens (primary N) is 1. The number of nitriles is 1. The Hall–Kier alpha value is -2.87. The van der Waals surface area contributed by atoms with E-state index in [4.69, 9.17) is 5.73 Å². The molecule has 134 valence electrons. The second-order valence-corrected chi connectivity index (χ2v) is 6.94. The molecule has 0 aliphatic heterocycles. The Kier molecular flexibility index (Phi) is 5.22. The Morgan fingerprint density at radius 1 is 1.38 bits per heavy atom. The first-order chi connectivity index (χ1) is 12.5. The molecule has 0 saturated heterocycles. The van der Waals surface area contributed by atoms with E-state index < -0.39 is 0 Å². The van der Waals surface area contributed by atoms with Gasteiger partial charge in [0.15, 0.2) is 0 Å². The molecule has 0 saturated carbocycles. The van der Waals surface area contributed by atoms with Crippen LogP contribution in [-0.2, 0) is 17.6 Å². The number of nitrogen functional groups attached to an aromatic ring is 1. The summed E-state index contributed by atoms with van der Waals surface area (Å²) in [6.45, 7) is 3.69. The number of pyridine rings is 1. The first kappa shape index (κ1) is 17.9. The van der Waals surface area contributed by atoms with Crippen molar-refractivity contribution in [2.24, 2.45) is 5.92 Å². The fourth-order valence-electron chi connectivity index (χ4n) is 3.86. The summed E-state index contributed by atoms with van der Waals surface area (Å²) in [5, 5.41) is 12.4. The highest BCUT2D eigenvalue weighted by atomic mass is 16.1. The number of nitrogens with one attached hydrogen (secondary N) is 1. The third-order valence-corrected chi connectivity index (χ3v) is 5.00. The summed E-state index contributed by atoms with van der Waals surface area (Å²) in [6.07, 6.45) is 5.32. The molecule has 2 aromatic rings. The number of aromatic nitrogens is 1. The van der Waals surface area contributed by atoms with Crippen LogP contribution < -0.4 is 11.1 Å². The van der Waals surface area contributed by atoms with Crippen molar-refractivity contribution in [1.82, 2.24) is 4.98 Å². The maximum absolute atomic E-state index is 11.2. The van der Waals surface area contributed by atoms with Crippen molar-refractivity contribution in [3.8, 4) is 17.2 Å². The first-order valence-electron chi connectivity index (χ1n) is 9.12. The maximum Gasteiger partial charge on any atom is 0.221 e. The molecule has 1 heterocycles. The van der Waals surface area contributed by atoms with E-state index in [0.29, 0.717) is 17.3 Å². The van der Waals surface area contributed by atoms with Crippen molar-refractivity contribution in [1.29, 1.82) is 5.26 Å². The minimum Gasteiger partial charge on any atom is -0.383 e. The molecule has 3 N–H and O–H groups in total. The van der Waals surface area contributed by atoms with Gasteiger partial charge in [-0.1, -0.05) is 31.9 Å². The van der Waals surface area contributed by atoms with Gasteiger partial charge in [-0.25, -0.2) is 4.98 Å². The molecular formula is C21H24N4O. The van der Waals surface area contributed by atoms with Crippen LogP contribution in [0.3, 0.4) is 0 Å². The predicted molar refractivity (Wildman–Crippen MR) is 104 cm³/mol. The molecule has 26 heavy (non-hydrogen) atoms. The highest BCUT2D eigenvalue weighted by molar-refractivity contribution is 5.89. The van der Waals surface area contributed by atoms with Gasteiger partial charge in [0, 0.05) is 23.9 Å². The van der Waals surface area contributed by atoms with Crippen LogP contribution in [0.1, 0.15) is 49.9 Å². The Morgan fingerprint density at radius 3 is 2.73 bits per heavy atom. The van der Waals surface area contributed by atoms with E-state index in [1.165, 1.54) is 13.3 Å². The predicted octanol–water partition coefficient (Wildman–Crippen LogP) is 4.07. The van der Waals surface area contributed by atoms with Gasteiger partial charge >= 0.3 is 0 Å². The fourth-order valence-corrected chi connectivity index (χ4v) is 3.86. The molecule has 3 rings (SSSR count). The standard InChI is InChI=1S/C21H24N4O/c1-3-4-14-5-10-19-17(11-14)20(18(12-22)21(23)25-19)15-6-8-16(9-7-15)24-13(2)26/h6-9,14H,3-5,10-11H2,1-2H3,(H2,23,25)(H,24,26). The summed E-state index contributed by atoms with van der Waals surface area (Å²) in [6, 6.07) is 9.83. The van der Waals surface area contributed by atoms with E-state index in [9.17, 15) is 10.1 Å². The van der Waals surface area contributed by atoms with Gasteiger partial charge in [0.1, 0.15) is 17.5 Å². The number of aryl methyl sites for hydroxylation is 1. The number of nitrogens with zero attached hydrogens (tertiary/aromatic N) is 2. The minimum atomic E-state index is -0.108. The molecule has 0 bridgehead atoms. The highest BCUT2D eigenvalue weighted by Crippen LogP contribution is 2.38. The molecule has 1 amide bonds. The zero-order valence-electron chi connectivity index (χ0n) is 15.3. The second-order valence-electron chi connectivity index (χ2n) is 6.94. The molecule has 5 heteroatoms. The Bertz CT molecular complexity index is 865. The van der Waals surface area contributed by atoms with Crippen LogP contribution in [0, 0.1) is 17.2 Å². The minimum absolute atomic E-state index is 0.108. The van der Waals surface area contributed by atoms with Gasteiger partial charge in [0.25, 0.3) is 0 Å². The number of hydrogen-bond donors (Lipinski definition) is 2. The molecule has 1 aliphatic carbocycles. The Morgan fingerprint density at radius 2 is 2.12 bits per heavy atom. The van der Waals surface area contributed by atoms with Gasteiger partial charge in [0.05, 0.1) is 0 Å². The van der Waals surface area contributed by atoms with Gasteiger partial charge in [-0.2, -0.15) is 5.26 Å². The monoisotopic (exact) mass is 348 g/mol. The maximum atomic E-state index is 11.2. The van der Waals surface area contributed by atoms with E-state index in [1.807, 2.05) is 24.3 Å². The van der Waals surface area contributed by atoms with Gasteiger partial charge in [-0.3, -0.25) is 4.79 Å². The number of benzene rings is 1. The largest absolute Gasteiger partial charge is 0.383 e. The molecular weight excluding hydrogens is 324 g/mol. The van der Waals surface area contributed by atoms with Crippen molar-refractivity contribution >= 4 is 17.4 Å². The van der Waals surface area contributed by atoms with Crippen LogP contribution >= 0.6 is 0 Å². The van der Waals surface area contributed by atoms with Crippen LogP contribution in [-0.4, -0.2) is 10.9 Å². The summed E-state index contributed by atoms with van der Waals surface area (Å²) in [7, 11) is 0. The first-order valence-corrected chi connectivity index (χ1v) is 9.12. The summed E-state index contributed by atoms with van der Waals surface area (Å²) >= 11 is 0. The number of hydrogen-bond acceptors (Lipinski definition) is 4. The molecule has 0 spiro atoms. The summed E-state index contributed by atoms with van der Waals surface area (Å²) in [4.78, 5) is 15.7. The van der Waals surface area contributed by atoms with Crippen LogP contribution in [0.15, 0.2) is 24.3 Å². The highest BCUT2D eigenvalue weighted by Gasteiger charge is 2.26. The number of carbonyl (C=O) groups excluding carboxylic acids is 1. The van der Waals surface area contributed by atoms with E-state index in [2.05, 4.69) is 23.3 Å². The summed E-state index contributed by atoms with van der Waals surface area (Å²) in [5.41, 5.74) is 11.3. The smallest absolute Gasteiger partial charge is 0.221 e. The molecule has 1 unspecified atom stereocenters. The molecule has 1 atom stereocenters. The lowest BCUT2D eigenvalue weighted by Crippen LogP contribution is -2.18. The third kappa shape index (κ3) is 3.55. The van der Waals surface area contributed by atoms with Crippen molar-refractivity contribution in [2.45, 2.75) is 46.0 Å². The molecule has 5 nitrogen and oxygen atoms in total.